The first-order valence-corrected chi connectivity index (χ1v) is 11.0. The van der Waals surface area contributed by atoms with Crippen LogP contribution in [-0.2, 0) is 16.0 Å². The summed E-state index contributed by atoms with van der Waals surface area (Å²) >= 11 is 0. The summed E-state index contributed by atoms with van der Waals surface area (Å²) in [6, 6.07) is 22.2. The summed E-state index contributed by atoms with van der Waals surface area (Å²) in [6.07, 6.45) is 1.06. The van der Waals surface area contributed by atoms with E-state index in [-0.39, 0.29) is 18.2 Å². The van der Waals surface area contributed by atoms with Gasteiger partial charge in [0.15, 0.2) is 0 Å². The van der Waals surface area contributed by atoms with Crippen LogP contribution in [0.5, 0.6) is 11.5 Å². The molecule has 6 nitrogen and oxygen atoms in total. The Bertz CT molecular complexity index is 1110. The predicted octanol–water partition coefficient (Wildman–Crippen LogP) is 5.00. The lowest BCUT2D eigenvalue weighted by molar-refractivity contribution is -0.122. The molecule has 2 atom stereocenters. The van der Waals surface area contributed by atoms with Crippen molar-refractivity contribution in [2.24, 2.45) is 5.92 Å². The van der Waals surface area contributed by atoms with Gasteiger partial charge in [-0.05, 0) is 66.1 Å². The van der Waals surface area contributed by atoms with E-state index in [0.29, 0.717) is 5.75 Å². The minimum atomic E-state index is -0.543. The minimum absolute atomic E-state index is 0.0949. The highest BCUT2D eigenvalue weighted by atomic mass is 16.5. The molecular weight excluding hydrogens is 416 g/mol. The number of methoxy groups -OCH3 is 2. The molecule has 1 aliphatic rings. The lowest BCUT2D eigenvalue weighted by Gasteiger charge is -2.28. The fourth-order valence-corrected chi connectivity index (χ4v) is 4.26. The normalized spacial score (nSPS) is 17.7. The van der Waals surface area contributed by atoms with Gasteiger partial charge >= 0.3 is 0 Å². The zero-order chi connectivity index (χ0) is 23.4. The zero-order valence-electron chi connectivity index (χ0n) is 19.1. The van der Waals surface area contributed by atoms with Gasteiger partial charge < -0.3 is 19.7 Å². The predicted molar refractivity (Wildman–Crippen MR) is 129 cm³/mol. The number of carbonyl (C=O) groups is 2. The molecule has 0 aliphatic carbocycles. The minimum Gasteiger partial charge on any atom is -0.497 e. The van der Waals surface area contributed by atoms with Crippen molar-refractivity contribution in [1.82, 2.24) is 0 Å². The van der Waals surface area contributed by atoms with Crippen molar-refractivity contribution in [2.75, 3.05) is 24.4 Å². The van der Waals surface area contributed by atoms with Gasteiger partial charge in [-0.1, -0.05) is 31.2 Å². The Morgan fingerprint density at radius 3 is 2.03 bits per heavy atom. The molecule has 1 saturated heterocycles. The second-order valence-corrected chi connectivity index (χ2v) is 8.03. The van der Waals surface area contributed by atoms with Gasteiger partial charge in [0.1, 0.15) is 11.5 Å². The molecule has 0 spiro atoms. The van der Waals surface area contributed by atoms with Crippen LogP contribution in [-0.4, -0.2) is 26.0 Å². The lowest BCUT2D eigenvalue weighted by Crippen LogP contribution is -2.32. The summed E-state index contributed by atoms with van der Waals surface area (Å²) < 4.78 is 10.5. The van der Waals surface area contributed by atoms with E-state index in [1.807, 2.05) is 72.8 Å². The molecule has 2 amide bonds. The van der Waals surface area contributed by atoms with Crippen molar-refractivity contribution in [2.45, 2.75) is 25.8 Å². The van der Waals surface area contributed by atoms with E-state index in [9.17, 15) is 9.59 Å². The molecule has 6 heteroatoms. The molecule has 3 aromatic carbocycles. The molecule has 0 saturated carbocycles. The van der Waals surface area contributed by atoms with Crippen LogP contribution in [0.2, 0.25) is 0 Å². The molecule has 33 heavy (non-hydrogen) atoms. The van der Waals surface area contributed by atoms with E-state index < -0.39 is 12.0 Å². The van der Waals surface area contributed by atoms with E-state index in [4.69, 9.17) is 9.47 Å². The van der Waals surface area contributed by atoms with Crippen LogP contribution in [0.4, 0.5) is 11.4 Å². The van der Waals surface area contributed by atoms with Crippen LogP contribution in [0.3, 0.4) is 0 Å². The molecule has 1 fully saturated rings. The Hall–Kier alpha value is -3.80. The number of carbonyl (C=O) groups excluding carboxylic acids is 2. The molecule has 1 N–H and O–H groups in total. The number of nitrogens with one attached hydrogen (secondary N) is 1. The standard InChI is InChI=1S/C27H28N2O4/c1-4-18-5-9-20(10-6-18)28-27(31)24-17-25(30)29(21-11-15-23(33-3)16-12-21)26(24)19-7-13-22(32-2)14-8-19/h5-16,24,26H,4,17H2,1-3H3,(H,28,31)/t24-,26+/m1/s1. The van der Waals surface area contributed by atoms with Crippen LogP contribution in [0, 0.1) is 5.92 Å². The van der Waals surface area contributed by atoms with Crippen LogP contribution >= 0.6 is 0 Å². The summed E-state index contributed by atoms with van der Waals surface area (Å²) in [4.78, 5) is 28.3. The highest BCUT2D eigenvalue weighted by molar-refractivity contribution is 6.04. The molecule has 3 aromatic rings. The molecular formula is C27H28N2O4. The SMILES string of the molecule is CCc1ccc(NC(=O)[C@@H]2CC(=O)N(c3ccc(OC)cc3)[C@H]2c2ccc(OC)cc2)cc1. The van der Waals surface area contributed by atoms with Gasteiger partial charge in [-0.3, -0.25) is 9.59 Å². The van der Waals surface area contributed by atoms with E-state index in [2.05, 4.69) is 12.2 Å². The Labute approximate surface area is 194 Å². The molecule has 0 aromatic heterocycles. The molecule has 1 heterocycles. The van der Waals surface area contributed by atoms with E-state index in [1.54, 1.807) is 19.1 Å². The number of hydrogen-bond acceptors (Lipinski definition) is 4. The first-order valence-electron chi connectivity index (χ1n) is 11.0. The van der Waals surface area contributed by atoms with E-state index >= 15 is 0 Å². The lowest BCUT2D eigenvalue weighted by atomic mass is 9.92. The largest absolute Gasteiger partial charge is 0.497 e. The van der Waals surface area contributed by atoms with Crippen molar-refractivity contribution >= 4 is 23.2 Å². The van der Waals surface area contributed by atoms with Gasteiger partial charge in [-0.25, -0.2) is 0 Å². The fraction of sp³-hybridized carbons (Fsp3) is 0.259. The number of hydrogen-bond donors (Lipinski definition) is 1. The summed E-state index contributed by atoms with van der Waals surface area (Å²) in [5, 5.41) is 3.01. The number of rotatable bonds is 7. The number of ether oxygens (including phenoxy) is 2. The van der Waals surface area contributed by atoms with Crippen molar-refractivity contribution in [3.05, 3.63) is 83.9 Å². The molecule has 4 rings (SSSR count). The third kappa shape index (κ3) is 4.70. The first kappa shape index (κ1) is 22.4. The third-order valence-electron chi connectivity index (χ3n) is 6.10. The van der Waals surface area contributed by atoms with Crippen molar-refractivity contribution in [3.8, 4) is 11.5 Å². The van der Waals surface area contributed by atoms with Gasteiger partial charge in [0.05, 0.1) is 26.2 Å². The van der Waals surface area contributed by atoms with Gasteiger partial charge in [0, 0.05) is 17.8 Å². The number of aryl methyl sites for hydroxylation is 1. The average molecular weight is 445 g/mol. The molecule has 170 valence electrons. The van der Waals surface area contributed by atoms with Gasteiger partial charge in [-0.15, -0.1) is 0 Å². The second kappa shape index (κ2) is 9.77. The molecule has 0 radical (unpaired) electrons. The quantitative estimate of drug-likeness (QED) is 0.557. The Kier molecular flexibility index (Phi) is 6.63. The molecule has 0 unspecified atom stereocenters. The molecule has 1 aliphatic heterocycles. The van der Waals surface area contributed by atoms with Gasteiger partial charge in [-0.2, -0.15) is 0 Å². The van der Waals surface area contributed by atoms with E-state index in [0.717, 1.165) is 29.1 Å². The summed E-state index contributed by atoms with van der Waals surface area (Å²) in [6.45, 7) is 2.09. The highest BCUT2D eigenvalue weighted by Gasteiger charge is 2.45. The van der Waals surface area contributed by atoms with Crippen LogP contribution in [0.15, 0.2) is 72.8 Å². The van der Waals surface area contributed by atoms with Gasteiger partial charge in [0.2, 0.25) is 11.8 Å². The maximum absolute atomic E-state index is 13.4. The molecule has 0 bridgehead atoms. The maximum Gasteiger partial charge on any atom is 0.230 e. The Balaban J connectivity index is 1.67. The summed E-state index contributed by atoms with van der Waals surface area (Å²) in [7, 11) is 3.21. The van der Waals surface area contributed by atoms with Crippen LogP contribution in [0.1, 0.15) is 30.5 Å². The number of nitrogens with zero attached hydrogens (tertiary/aromatic N) is 1. The van der Waals surface area contributed by atoms with E-state index in [1.165, 1.54) is 5.56 Å². The topological polar surface area (TPSA) is 67.9 Å². The fourth-order valence-electron chi connectivity index (χ4n) is 4.26. The maximum atomic E-state index is 13.4. The van der Waals surface area contributed by atoms with Crippen molar-refractivity contribution < 1.29 is 19.1 Å². The zero-order valence-corrected chi connectivity index (χ0v) is 19.1. The van der Waals surface area contributed by atoms with Gasteiger partial charge in [0.25, 0.3) is 0 Å². The Morgan fingerprint density at radius 2 is 1.48 bits per heavy atom. The highest BCUT2D eigenvalue weighted by Crippen LogP contribution is 2.42. The smallest absolute Gasteiger partial charge is 0.230 e. The third-order valence-corrected chi connectivity index (χ3v) is 6.10. The monoisotopic (exact) mass is 444 g/mol. The summed E-state index contributed by atoms with van der Waals surface area (Å²) in [5.41, 5.74) is 3.52. The number of anilines is 2. The van der Waals surface area contributed by atoms with Crippen molar-refractivity contribution in [1.29, 1.82) is 0 Å². The Morgan fingerprint density at radius 1 is 0.909 bits per heavy atom. The van der Waals surface area contributed by atoms with Crippen LogP contribution < -0.4 is 19.7 Å². The summed E-state index contributed by atoms with van der Waals surface area (Å²) in [5.74, 6) is 0.609. The first-order chi connectivity index (χ1) is 16.0. The average Bonchev–Trinajstić information content (AvgIpc) is 3.21. The second-order valence-electron chi connectivity index (χ2n) is 8.03. The number of amides is 2. The van der Waals surface area contributed by atoms with Crippen molar-refractivity contribution in [3.63, 3.8) is 0 Å². The number of benzene rings is 3. The van der Waals surface area contributed by atoms with Crippen LogP contribution in [0.25, 0.3) is 0 Å².